The standard InChI is InChI=1S/C10H19.C6H11.C5H11N.C2H5.Ta/c1-3-9-6-5-7-10(4-2)8-9;1-2-4-6-5-3-1;1-4-5(2,3)6;1-2;/h8-10H,3-7H2,1-2H3;1H,2-6H2;4H2,1-3H3;1H2,2H3;/q2*-1;;-1;. The molecule has 2 atom stereocenters. The molecule has 0 radical (unpaired) electrons. The Labute approximate surface area is 173 Å². The summed E-state index contributed by atoms with van der Waals surface area (Å²) in [5, 5.41) is 0. The van der Waals surface area contributed by atoms with Crippen LogP contribution in [0.15, 0.2) is 3.34 Å². The van der Waals surface area contributed by atoms with Gasteiger partial charge in [0, 0.05) is 0 Å². The molecule has 2 saturated carbocycles. The molecule has 2 unspecified atom stereocenters. The minimum absolute atomic E-state index is 0.258. The molecule has 2 aliphatic rings. The van der Waals surface area contributed by atoms with Crippen LogP contribution in [0, 0.1) is 31.6 Å². The predicted octanol–water partition coefficient (Wildman–Crippen LogP) is 8.33. The molecule has 0 aliphatic heterocycles. The van der Waals surface area contributed by atoms with Gasteiger partial charge in [0.05, 0.1) is 0 Å². The number of nitrogens with zero attached hydrogens (tertiary/aromatic N) is 1. The van der Waals surface area contributed by atoms with Crippen LogP contribution >= 0.6 is 0 Å². The molecule has 2 heteroatoms. The zero-order valence-electron chi connectivity index (χ0n) is 18.2. The van der Waals surface area contributed by atoms with E-state index in [-0.39, 0.29) is 5.54 Å². The fourth-order valence-corrected chi connectivity index (χ4v) is 3.38. The van der Waals surface area contributed by atoms with Gasteiger partial charge in [-0.25, -0.2) is 0 Å². The summed E-state index contributed by atoms with van der Waals surface area (Å²) in [6.45, 7) is 16.1. The van der Waals surface area contributed by atoms with Crippen LogP contribution in [0.2, 0.25) is 0 Å². The van der Waals surface area contributed by atoms with E-state index < -0.39 is 0 Å². The van der Waals surface area contributed by atoms with Gasteiger partial charge >= 0.3 is 57.0 Å². The predicted molar refractivity (Wildman–Crippen MR) is 111 cm³/mol. The summed E-state index contributed by atoms with van der Waals surface area (Å²) in [7, 11) is 0. The van der Waals surface area contributed by atoms with Crippen LogP contribution < -0.4 is 0 Å². The van der Waals surface area contributed by atoms with Crippen molar-refractivity contribution in [3.05, 3.63) is 19.8 Å². The fraction of sp³-hybridized carbons (Fsp3) is 0.870. The van der Waals surface area contributed by atoms with Gasteiger partial charge in [-0.3, -0.25) is 0 Å². The van der Waals surface area contributed by atoms with Gasteiger partial charge < -0.3 is 19.8 Å². The first kappa shape index (κ1) is 27.8. The van der Waals surface area contributed by atoms with Crippen molar-refractivity contribution < 1.29 is 20.9 Å². The van der Waals surface area contributed by atoms with Gasteiger partial charge in [-0.2, -0.15) is 31.6 Å². The summed E-state index contributed by atoms with van der Waals surface area (Å²) in [6.07, 6.45) is 20.3. The SMILES string of the molecule is CCC(C)(C)[N]=[Ta].CCC1[CH-]C(CC)CCC1.[CH-]1CCCCC1.[CH2-]C. The number of hydrogen-bond acceptors (Lipinski definition) is 1. The molecule has 0 amide bonds. The summed E-state index contributed by atoms with van der Waals surface area (Å²) in [6, 6.07) is 0. The third-order valence-electron chi connectivity index (χ3n) is 5.20. The Kier molecular flexibility index (Phi) is 21.4. The first-order valence-electron chi connectivity index (χ1n) is 10.7. The van der Waals surface area contributed by atoms with Crippen molar-refractivity contribution in [2.75, 3.05) is 0 Å². The van der Waals surface area contributed by atoms with Crippen molar-refractivity contribution in [3.8, 4) is 0 Å². The number of hydrogen-bond donors (Lipinski definition) is 0. The average Bonchev–Trinajstić information content (AvgIpc) is 2.71. The second-order valence-electron chi connectivity index (χ2n) is 7.65. The van der Waals surface area contributed by atoms with Crippen LogP contribution in [-0.4, -0.2) is 5.54 Å². The quantitative estimate of drug-likeness (QED) is 0.333. The van der Waals surface area contributed by atoms with Crippen LogP contribution in [0.4, 0.5) is 0 Å². The minimum Gasteiger partial charge on any atom is -0.346 e. The van der Waals surface area contributed by atoms with Gasteiger partial charge in [0.25, 0.3) is 0 Å². The Morgan fingerprint density at radius 1 is 0.920 bits per heavy atom. The summed E-state index contributed by atoms with van der Waals surface area (Å²) in [5.74, 6) is 1.89. The molecule has 0 aromatic carbocycles. The molecule has 2 fully saturated rings. The Morgan fingerprint density at radius 2 is 1.40 bits per heavy atom. The molecular formula is C23H46NTa-3. The minimum atomic E-state index is 0.258. The smallest absolute Gasteiger partial charge is 0.0577 e. The summed E-state index contributed by atoms with van der Waals surface area (Å²) >= 11 is 1.16. The van der Waals surface area contributed by atoms with Crippen LogP contribution in [0.1, 0.15) is 112 Å². The van der Waals surface area contributed by atoms with E-state index in [1.807, 2.05) is 0 Å². The molecule has 1 nitrogen and oxygen atoms in total. The summed E-state index contributed by atoms with van der Waals surface area (Å²) < 4.78 is 4.25. The molecule has 25 heavy (non-hydrogen) atoms. The number of rotatable bonds is 4. The monoisotopic (exact) mass is 517 g/mol. The van der Waals surface area contributed by atoms with E-state index in [0.717, 1.165) is 39.1 Å². The van der Waals surface area contributed by atoms with Gasteiger partial charge in [-0.05, 0) is 0 Å². The molecule has 0 aromatic heterocycles. The summed E-state index contributed by atoms with van der Waals surface area (Å²) in [5.41, 5.74) is 0.258. The molecule has 0 bridgehead atoms. The molecule has 0 N–H and O–H groups in total. The third kappa shape index (κ3) is 17.7. The van der Waals surface area contributed by atoms with Crippen molar-refractivity contribution in [2.24, 2.45) is 15.2 Å². The van der Waals surface area contributed by atoms with Crippen molar-refractivity contribution in [3.63, 3.8) is 0 Å². The molecule has 0 spiro atoms. The molecule has 0 aromatic rings. The van der Waals surface area contributed by atoms with E-state index >= 15 is 0 Å². The van der Waals surface area contributed by atoms with E-state index in [4.69, 9.17) is 0 Å². The van der Waals surface area contributed by atoms with Gasteiger partial charge in [0.1, 0.15) is 0 Å². The Hall–Kier alpha value is 0.540. The Balaban J connectivity index is 0. The van der Waals surface area contributed by atoms with Gasteiger partial charge in [0.2, 0.25) is 0 Å². The van der Waals surface area contributed by atoms with Crippen LogP contribution in [0.25, 0.3) is 0 Å². The first-order valence-corrected chi connectivity index (χ1v) is 12.2. The Morgan fingerprint density at radius 3 is 1.60 bits per heavy atom. The fourth-order valence-electron chi connectivity index (χ4n) is 2.87. The maximum atomic E-state index is 4.25. The van der Waals surface area contributed by atoms with Crippen molar-refractivity contribution in [1.82, 2.24) is 0 Å². The van der Waals surface area contributed by atoms with Crippen LogP contribution in [0.3, 0.4) is 0 Å². The molecular weight excluding hydrogens is 471 g/mol. The van der Waals surface area contributed by atoms with E-state index in [1.165, 1.54) is 64.2 Å². The normalized spacial score (nSPS) is 22.8. The molecule has 2 aliphatic carbocycles. The molecule has 0 saturated heterocycles. The Bertz CT molecular complexity index is 250. The van der Waals surface area contributed by atoms with Gasteiger partial charge in [-0.1, -0.05) is 65.2 Å². The maximum absolute atomic E-state index is 4.25. The average molecular weight is 518 g/mol. The van der Waals surface area contributed by atoms with Crippen molar-refractivity contribution in [1.29, 1.82) is 0 Å². The van der Waals surface area contributed by atoms with E-state index in [2.05, 4.69) is 57.7 Å². The van der Waals surface area contributed by atoms with E-state index in [1.54, 1.807) is 6.92 Å². The topological polar surface area (TPSA) is 12.4 Å². The van der Waals surface area contributed by atoms with Crippen molar-refractivity contribution in [2.45, 2.75) is 118 Å². The zero-order chi connectivity index (χ0) is 19.6. The van der Waals surface area contributed by atoms with Gasteiger partial charge in [0.15, 0.2) is 0 Å². The second-order valence-corrected chi connectivity index (χ2v) is 8.37. The van der Waals surface area contributed by atoms with E-state index in [0.29, 0.717) is 0 Å². The zero-order valence-corrected chi connectivity index (χ0v) is 21.4. The molecule has 2 rings (SSSR count). The third-order valence-corrected chi connectivity index (χ3v) is 7.14. The molecule has 0 heterocycles. The van der Waals surface area contributed by atoms with E-state index in [9.17, 15) is 0 Å². The second kappa shape index (κ2) is 19.3. The van der Waals surface area contributed by atoms with Crippen LogP contribution in [0.5, 0.6) is 0 Å². The molecule has 151 valence electrons. The van der Waals surface area contributed by atoms with Crippen molar-refractivity contribution >= 4 is 0 Å². The maximum Gasteiger partial charge on any atom is -0.0577 e. The largest absolute Gasteiger partial charge is 0.346 e. The summed E-state index contributed by atoms with van der Waals surface area (Å²) in [4.78, 5) is 0. The van der Waals surface area contributed by atoms with Gasteiger partial charge in [-0.15, -0.1) is 0 Å². The first-order chi connectivity index (χ1) is 12.0. The van der Waals surface area contributed by atoms with Crippen LogP contribution in [-0.2, 0) is 20.9 Å².